The molecule has 0 bridgehead atoms. The summed E-state index contributed by atoms with van der Waals surface area (Å²) in [5.41, 5.74) is 0. The second-order valence-electron chi connectivity index (χ2n) is 9.27. The highest BCUT2D eigenvalue weighted by atomic mass is 127. The first kappa shape index (κ1) is 25.6. The van der Waals surface area contributed by atoms with Crippen molar-refractivity contribution in [1.29, 1.82) is 0 Å². The van der Waals surface area contributed by atoms with Crippen LogP contribution in [0.4, 0.5) is 0 Å². The zero-order chi connectivity index (χ0) is 20.8. The van der Waals surface area contributed by atoms with Crippen molar-refractivity contribution in [2.24, 2.45) is 16.8 Å². The van der Waals surface area contributed by atoms with Crippen LogP contribution in [0.5, 0.6) is 0 Å². The lowest BCUT2D eigenvalue weighted by molar-refractivity contribution is -0.142. The number of carbonyl (C=O) groups is 1. The zero-order valence-corrected chi connectivity index (χ0v) is 21.6. The number of likely N-dealkylation sites (tertiary alicyclic amines) is 1. The van der Waals surface area contributed by atoms with Gasteiger partial charge < -0.3 is 19.9 Å². The summed E-state index contributed by atoms with van der Waals surface area (Å²) >= 11 is 0. The zero-order valence-electron chi connectivity index (χ0n) is 19.3. The van der Waals surface area contributed by atoms with Gasteiger partial charge in [0, 0.05) is 52.4 Å². The van der Waals surface area contributed by atoms with E-state index in [2.05, 4.69) is 40.9 Å². The predicted molar refractivity (Wildman–Crippen MR) is 133 cm³/mol. The largest absolute Gasteiger partial charge is 0.368 e. The topological polar surface area (TPSA) is 60.4 Å². The van der Waals surface area contributed by atoms with Crippen LogP contribution in [0.15, 0.2) is 4.99 Å². The van der Waals surface area contributed by atoms with Gasteiger partial charge in [-0.05, 0) is 50.6 Å². The molecule has 1 N–H and O–H groups in total. The fraction of sp³-hybridized carbons (Fsp3) is 0.909. The molecule has 1 amide bonds. The van der Waals surface area contributed by atoms with Crippen LogP contribution in [0.1, 0.15) is 46.5 Å². The molecular formula is C22H42IN5O2. The fourth-order valence-corrected chi connectivity index (χ4v) is 4.79. The van der Waals surface area contributed by atoms with Crippen LogP contribution >= 0.6 is 24.0 Å². The van der Waals surface area contributed by atoms with E-state index in [4.69, 9.17) is 4.74 Å². The van der Waals surface area contributed by atoms with E-state index in [1.54, 1.807) is 0 Å². The lowest BCUT2D eigenvalue weighted by Crippen LogP contribution is -2.57. The number of guanidine groups is 1. The van der Waals surface area contributed by atoms with Crippen molar-refractivity contribution in [2.45, 2.75) is 58.6 Å². The van der Waals surface area contributed by atoms with E-state index in [1.807, 2.05) is 11.9 Å². The Bertz CT molecular complexity index is 552. The van der Waals surface area contributed by atoms with Crippen molar-refractivity contribution < 1.29 is 9.53 Å². The minimum Gasteiger partial charge on any atom is -0.368 e. The maximum Gasteiger partial charge on any atom is 0.251 e. The smallest absolute Gasteiger partial charge is 0.251 e. The van der Waals surface area contributed by atoms with Gasteiger partial charge in [0.25, 0.3) is 5.91 Å². The maximum atomic E-state index is 12.6. The summed E-state index contributed by atoms with van der Waals surface area (Å²) < 4.78 is 5.57. The molecule has 0 aromatic carbocycles. The van der Waals surface area contributed by atoms with Gasteiger partial charge in [0.1, 0.15) is 6.10 Å². The van der Waals surface area contributed by atoms with Gasteiger partial charge in [0.2, 0.25) is 0 Å². The number of halogens is 1. The molecule has 3 rings (SSSR count). The molecule has 2 unspecified atom stereocenters. The highest BCUT2D eigenvalue weighted by molar-refractivity contribution is 14.0. The number of aliphatic imine (C=N–C) groups is 1. The number of nitrogens with one attached hydrogen (secondary N) is 1. The van der Waals surface area contributed by atoms with Gasteiger partial charge in [-0.15, -0.1) is 24.0 Å². The van der Waals surface area contributed by atoms with Gasteiger partial charge in [-0.2, -0.15) is 0 Å². The third kappa shape index (κ3) is 6.69. The van der Waals surface area contributed by atoms with Crippen LogP contribution in [0, 0.1) is 11.8 Å². The number of piperidine rings is 1. The van der Waals surface area contributed by atoms with E-state index < -0.39 is 0 Å². The molecule has 0 radical (unpaired) electrons. The molecule has 3 aliphatic heterocycles. The molecule has 0 saturated carbocycles. The second kappa shape index (κ2) is 12.4. The van der Waals surface area contributed by atoms with Crippen LogP contribution in [0.25, 0.3) is 0 Å². The van der Waals surface area contributed by atoms with Crippen molar-refractivity contribution in [3.05, 3.63) is 0 Å². The summed E-state index contributed by atoms with van der Waals surface area (Å²) in [6.45, 7) is 14.2. The van der Waals surface area contributed by atoms with Gasteiger partial charge in [-0.3, -0.25) is 14.7 Å². The molecule has 0 spiro atoms. The summed E-state index contributed by atoms with van der Waals surface area (Å²) in [5, 5.41) is 3.63. The number of piperazine rings is 1. The number of hydrogen-bond acceptors (Lipinski definition) is 4. The quantitative estimate of drug-likeness (QED) is 0.333. The Morgan fingerprint density at radius 1 is 1.07 bits per heavy atom. The lowest BCUT2D eigenvalue weighted by Gasteiger charge is -2.40. The monoisotopic (exact) mass is 535 g/mol. The van der Waals surface area contributed by atoms with Crippen molar-refractivity contribution in [2.75, 3.05) is 59.5 Å². The Morgan fingerprint density at radius 3 is 2.23 bits per heavy atom. The number of amides is 1. The highest BCUT2D eigenvalue weighted by Gasteiger charge is 2.31. The van der Waals surface area contributed by atoms with Gasteiger partial charge >= 0.3 is 0 Å². The van der Waals surface area contributed by atoms with Crippen LogP contribution in [0.3, 0.4) is 0 Å². The summed E-state index contributed by atoms with van der Waals surface area (Å²) in [7, 11) is 1.86. The minimum absolute atomic E-state index is 0. The molecule has 3 fully saturated rings. The van der Waals surface area contributed by atoms with Gasteiger partial charge in [0.15, 0.2) is 5.96 Å². The molecular weight excluding hydrogens is 493 g/mol. The predicted octanol–water partition coefficient (Wildman–Crippen LogP) is 2.26. The van der Waals surface area contributed by atoms with Crippen LogP contribution in [0.2, 0.25) is 0 Å². The van der Waals surface area contributed by atoms with Crippen molar-refractivity contribution >= 4 is 35.8 Å². The maximum absolute atomic E-state index is 12.6. The third-order valence-electron chi connectivity index (χ3n) is 6.83. The number of ether oxygens (including phenoxy) is 1. The van der Waals surface area contributed by atoms with Gasteiger partial charge in [0.05, 0.1) is 0 Å². The molecule has 0 aliphatic carbocycles. The average molecular weight is 536 g/mol. The number of nitrogens with zero attached hydrogens (tertiary/aromatic N) is 4. The van der Waals surface area contributed by atoms with E-state index in [0.29, 0.717) is 12.0 Å². The van der Waals surface area contributed by atoms with Crippen molar-refractivity contribution in [1.82, 2.24) is 20.0 Å². The average Bonchev–Trinajstić information content (AvgIpc) is 3.27. The normalized spacial score (nSPS) is 25.4. The lowest BCUT2D eigenvalue weighted by atomic mass is 9.94. The first-order valence-electron chi connectivity index (χ1n) is 11.6. The molecule has 3 heterocycles. The molecule has 174 valence electrons. The van der Waals surface area contributed by atoms with E-state index in [9.17, 15) is 4.79 Å². The summed E-state index contributed by atoms with van der Waals surface area (Å²) in [4.78, 5) is 24.0. The minimum atomic E-state index is -0.210. The van der Waals surface area contributed by atoms with Crippen LogP contribution < -0.4 is 5.32 Å². The summed E-state index contributed by atoms with van der Waals surface area (Å²) in [6.07, 6.45) is 4.27. The number of rotatable bonds is 5. The Labute approximate surface area is 200 Å². The summed E-state index contributed by atoms with van der Waals surface area (Å²) in [6, 6.07) is 0.529. The fourth-order valence-electron chi connectivity index (χ4n) is 4.79. The van der Waals surface area contributed by atoms with Crippen molar-refractivity contribution in [3.8, 4) is 0 Å². The number of hydrogen-bond donors (Lipinski definition) is 1. The third-order valence-corrected chi connectivity index (χ3v) is 6.83. The van der Waals surface area contributed by atoms with Gasteiger partial charge in [-0.25, -0.2) is 0 Å². The number of carbonyl (C=O) groups excluding carboxylic acids is 1. The Morgan fingerprint density at radius 2 is 1.70 bits per heavy atom. The summed E-state index contributed by atoms with van der Waals surface area (Å²) in [5.74, 6) is 2.60. The highest BCUT2D eigenvalue weighted by Crippen LogP contribution is 2.21. The Balaban J connectivity index is 0.00000320. The molecule has 8 heteroatoms. The van der Waals surface area contributed by atoms with Crippen LogP contribution in [-0.2, 0) is 9.53 Å². The first-order valence-corrected chi connectivity index (χ1v) is 11.6. The van der Waals surface area contributed by atoms with E-state index in [-0.39, 0.29) is 36.0 Å². The molecule has 3 saturated heterocycles. The van der Waals surface area contributed by atoms with E-state index in [1.165, 1.54) is 25.9 Å². The standard InChI is InChI=1S/C22H41N5O2.HI/c1-17(2)19(25-9-7-18(3)8-10-25)16-24-22(23-4)27-13-11-26(12-14-27)21(28)20-6-5-15-29-20;/h17-20H,5-16H2,1-4H3,(H,23,24);1H. The molecule has 3 aliphatic rings. The van der Waals surface area contributed by atoms with Crippen LogP contribution in [-0.4, -0.2) is 98.2 Å². The SMILES string of the molecule is CN=C(NCC(C(C)C)N1CCC(C)CC1)N1CCN(C(=O)C2CCCO2)CC1.I. The molecule has 2 atom stereocenters. The molecule has 30 heavy (non-hydrogen) atoms. The molecule has 0 aromatic rings. The second-order valence-corrected chi connectivity index (χ2v) is 9.27. The Hall–Kier alpha value is -0.610. The molecule has 7 nitrogen and oxygen atoms in total. The van der Waals surface area contributed by atoms with E-state index in [0.717, 1.165) is 64.0 Å². The first-order chi connectivity index (χ1) is 14.0. The van der Waals surface area contributed by atoms with Crippen molar-refractivity contribution in [3.63, 3.8) is 0 Å². The Kier molecular flexibility index (Phi) is 10.6. The molecule has 0 aromatic heterocycles. The van der Waals surface area contributed by atoms with Gasteiger partial charge in [-0.1, -0.05) is 20.8 Å². The van der Waals surface area contributed by atoms with E-state index >= 15 is 0 Å².